The molecule has 2 aromatic carbocycles. The molecule has 0 radical (unpaired) electrons. The molecule has 21 heavy (non-hydrogen) atoms. The van der Waals surface area contributed by atoms with Crippen molar-refractivity contribution in [3.8, 4) is 0 Å². The summed E-state index contributed by atoms with van der Waals surface area (Å²) >= 11 is 0. The zero-order chi connectivity index (χ0) is 15.6. The van der Waals surface area contributed by atoms with E-state index < -0.39 is 12.0 Å². The first kappa shape index (κ1) is 14.8. The number of benzene rings is 2. The van der Waals surface area contributed by atoms with Gasteiger partial charge in [0, 0.05) is 23.4 Å². The number of Topliss-reactive ketones (excluding diaryl/α,β-unsaturated/α-hetero) is 1. The molecule has 0 aromatic heterocycles. The molecule has 0 spiro atoms. The van der Waals surface area contributed by atoms with Crippen LogP contribution in [-0.4, -0.2) is 22.9 Å². The standard InChI is InChI=1S/C15H17N3O3/c16-9-2-3-10-8(7-9)1-4-11(17)14(10)15(21)12(18)5-6-13(19)20/h1-4,7,12H,5-6,16-18H2,(H,19,20). The lowest BCUT2D eigenvalue weighted by Gasteiger charge is -2.14. The molecular weight excluding hydrogens is 270 g/mol. The fraction of sp³-hybridized carbons (Fsp3) is 0.200. The first-order valence-electron chi connectivity index (χ1n) is 6.49. The van der Waals surface area contributed by atoms with E-state index in [0.717, 1.165) is 5.39 Å². The molecule has 110 valence electrons. The molecule has 0 saturated heterocycles. The second-order valence-corrected chi connectivity index (χ2v) is 4.91. The fourth-order valence-corrected chi connectivity index (χ4v) is 2.24. The van der Waals surface area contributed by atoms with Crippen LogP contribution in [0.15, 0.2) is 30.3 Å². The first-order chi connectivity index (χ1) is 9.90. The minimum absolute atomic E-state index is 0.0684. The predicted molar refractivity (Wildman–Crippen MR) is 81.9 cm³/mol. The van der Waals surface area contributed by atoms with Crippen LogP contribution in [-0.2, 0) is 4.79 Å². The maximum absolute atomic E-state index is 12.4. The van der Waals surface area contributed by atoms with Crippen LogP contribution in [0, 0.1) is 0 Å². The van der Waals surface area contributed by atoms with Crippen LogP contribution >= 0.6 is 0 Å². The lowest BCUT2D eigenvalue weighted by Crippen LogP contribution is -2.31. The highest BCUT2D eigenvalue weighted by Gasteiger charge is 2.21. The molecule has 0 aliphatic carbocycles. The van der Waals surface area contributed by atoms with Gasteiger partial charge in [-0.1, -0.05) is 12.1 Å². The topological polar surface area (TPSA) is 132 Å². The van der Waals surface area contributed by atoms with Gasteiger partial charge in [0.25, 0.3) is 0 Å². The number of carboxylic acid groups (broad SMARTS) is 1. The molecule has 1 atom stereocenters. The number of anilines is 2. The summed E-state index contributed by atoms with van der Waals surface area (Å²) < 4.78 is 0. The number of aliphatic carboxylic acids is 1. The Labute approximate surface area is 121 Å². The van der Waals surface area contributed by atoms with E-state index in [4.69, 9.17) is 22.3 Å². The minimum Gasteiger partial charge on any atom is -0.481 e. The lowest BCUT2D eigenvalue weighted by molar-refractivity contribution is -0.137. The van der Waals surface area contributed by atoms with Crippen LogP contribution in [0.4, 0.5) is 11.4 Å². The SMILES string of the molecule is Nc1ccc2c(C(=O)C(N)CCC(=O)O)c(N)ccc2c1. The molecule has 0 aliphatic rings. The summed E-state index contributed by atoms with van der Waals surface area (Å²) in [5, 5.41) is 10.1. The summed E-state index contributed by atoms with van der Waals surface area (Å²) in [4.78, 5) is 23.0. The van der Waals surface area contributed by atoms with E-state index in [9.17, 15) is 9.59 Å². The number of ketones is 1. The van der Waals surface area contributed by atoms with Crippen LogP contribution in [0.25, 0.3) is 10.8 Å². The van der Waals surface area contributed by atoms with Gasteiger partial charge in [-0.3, -0.25) is 9.59 Å². The van der Waals surface area contributed by atoms with Gasteiger partial charge in [-0.15, -0.1) is 0 Å². The quantitative estimate of drug-likeness (QED) is 0.485. The second-order valence-electron chi connectivity index (χ2n) is 4.91. The van der Waals surface area contributed by atoms with Gasteiger partial charge in [0.1, 0.15) is 0 Å². The van der Waals surface area contributed by atoms with E-state index in [1.54, 1.807) is 30.3 Å². The second kappa shape index (κ2) is 5.80. The molecular formula is C15H17N3O3. The number of rotatable bonds is 5. The van der Waals surface area contributed by atoms with Crippen molar-refractivity contribution in [2.45, 2.75) is 18.9 Å². The number of hydrogen-bond acceptors (Lipinski definition) is 5. The van der Waals surface area contributed by atoms with E-state index in [2.05, 4.69) is 0 Å². The number of carboxylic acids is 1. The molecule has 0 saturated carbocycles. The molecule has 1 unspecified atom stereocenters. The summed E-state index contributed by atoms with van der Waals surface area (Å²) in [5.41, 5.74) is 18.6. The summed E-state index contributed by atoms with van der Waals surface area (Å²) in [7, 11) is 0. The number of hydrogen-bond donors (Lipinski definition) is 4. The van der Waals surface area contributed by atoms with Crippen molar-refractivity contribution in [2.24, 2.45) is 5.73 Å². The highest BCUT2D eigenvalue weighted by molar-refractivity contribution is 6.14. The molecule has 7 N–H and O–H groups in total. The van der Waals surface area contributed by atoms with Crippen molar-refractivity contribution in [3.05, 3.63) is 35.9 Å². The first-order valence-corrected chi connectivity index (χ1v) is 6.49. The van der Waals surface area contributed by atoms with Gasteiger partial charge >= 0.3 is 5.97 Å². The highest BCUT2D eigenvalue weighted by Crippen LogP contribution is 2.27. The highest BCUT2D eigenvalue weighted by atomic mass is 16.4. The van der Waals surface area contributed by atoms with Gasteiger partial charge in [-0.05, 0) is 35.4 Å². The van der Waals surface area contributed by atoms with Crippen molar-refractivity contribution < 1.29 is 14.7 Å². The van der Waals surface area contributed by atoms with E-state index in [0.29, 0.717) is 22.3 Å². The number of nitrogens with two attached hydrogens (primary N) is 3. The third kappa shape index (κ3) is 3.11. The molecule has 2 aromatic rings. The molecule has 6 nitrogen and oxygen atoms in total. The Morgan fingerprint density at radius 1 is 1.14 bits per heavy atom. The Bertz CT molecular complexity index is 713. The maximum Gasteiger partial charge on any atom is 0.303 e. The molecule has 0 heterocycles. The number of carbonyl (C=O) groups excluding carboxylic acids is 1. The zero-order valence-electron chi connectivity index (χ0n) is 11.4. The largest absolute Gasteiger partial charge is 0.481 e. The number of fused-ring (bicyclic) bond motifs is 1. The van der Waals surface area contributed by atoms with Gasteiger partial charge in [0.2, 0.25) is 0 Å². The molecule has 0 fully saturated rings. The smallest absolute Gasteiger partial charge is 0.303 e. The van der Waals surface area contributed by atoms with Crippen molar-refractivity contribution in [1.82, 2.24) is 0 Å². The third-order valence-corrected chi connectivity index (χ3v) is 3.33. The van der Waals surface area contributed by atoms with E-state index in [1.165, 1.54) is 0 Å². The normalized spacial score (nSPS) is 12.2. The van der Waals surface area contributed by atoms with E-state index in [-0.39, 0.29) is 18.6 Å². The molecule has 0 aliphatic heterocycles. The zero-order valence-corrected chi connectivity index (χ0v) is 11.4. The van der Waals surface area contributed by atoms with Gasteiger partial charge < -0.3 is 22.3 Å². The summed E-state index contributed by atoms with van der Waals surface area (Å²) in [6.07, 6.45) is -0.0938. The van der Waals surface area contributed by atoms with Crippen LogP contribution in [0.3, 0.4) is 0 Å². The predicted octanol–water partition coefficient (Wildman–Crippen LogP) is 1.38. The van der Waals surface area contributed by atoms with E-state index in [1.807, 2.05) is 0 Å². The molecule has 0 bridgehead atoms. The van der Waals surface area contributed by atoms with E-state index >= 15 is 0 Å². The van der Waals surface area contributed by atoms with Crippen molar-refractivity contribution >= 4 is 33.9 Å². The molecule has 2 rings (SSSR count). The Hall–Kier alpha value is -2.60. The number of nitrogen functional groups attached to an aromatic ring is 2. The molecule has 6 heteroatoms. The van der Waals surface area contributed by atoms with Crippen molar-refractivity contribution in [2.75, 3.05) is 11.5 Å². The Balaban J connectivity index is 2.42. The van der Waals surface area contributed by atoms with Crippen LogP contribution in [0.5, 0.6) is 0 Å². The third-order valence-electron chi connectivity index (χ3n) is 3.33. The Morgan fingerprint density at radius 3 is 2.52 bits per heavy atom. The summed E-state index contributed by atoms with van der Waals surface area (Å²) in [6.45, 7) is 0. The van der Waals surface area contributed by atoms with Crippen LogP contribution in [0.2, 0.25) is 0 Å². The Morgan fingerprint density at radius 2 is 1.86 bits per heavy atom. The maximum atomic E-state index is 12.4. The average molecular weight is 287 g/mol. The van der Waals surface area contributed by atoms with Crippen molar-refractivity contribution in [1.29, 1.82) is 0 Å². The minimum atomic E-state index is -0.989. The van der Waals surface area contributed by atoms with Gasteiger partial charge in [0.15, 0.2) is 5.78 Å². The summed E-state index contributed by atoms with van der Waals surface area (Å²) in [6, 6.07) is 7.65. The molecule has 0 amide bonds. The number of carbonyl (C=O) groups is 2. The van der Waals surface area contributed by atoms with Crippen LogP contribution < -0.4 is 17.2 Å². The van der Waals surface area contributed by atoms with Gasteiger partial charge in [0.05, 0.1) is 6.04 Å². The Kier molecular flexibility index (Phi) is 4.09. The fourth-order valence-electron chi connectivity index (χ4n) is 2.24. The van der Waals surface area contributed by atoms with Crippen LogP contribution in [0.1, 0.15) is 23.2 Å². The monoisotopic (exact) mass is 287 g/mol. The van der Waals surface area contributed by atoms with Crippen molar-refractivity contribution in [3.63, 3.8) is 0 Å². The van der Waals surface area contributed by atoms with Gasteiger partial charge in [-0.25, -0.2) is 0 Å². The average Bonchev–Trinajstić information content (AvgIpc) is 2.44. The summed E-state index contributed by atoms with van der Waals surface area (Å²) in [5.74, 6) is -1.35. The van der Waals surface area contributed by atoms with Gasteiger partial charge in [-0.2, -0.15) is 0 Å². The lowest BCUT2D eigenvalue weighted by atomic mass is 9.94.